The van der Waals surface area contributed by atoms with Crippen LogP contribution in [0.1, 0.15) is 0 Å². The smallest absolute Gasteiger partial charge is 0.414 e. The summed E-state index contributed by atoms with van der Waals surface area (Å²) in [6, 6.07) is 12.7. The SMILES string of the molecule is O=C1O[C@@H](COC2CNCCN2)CN1c1ccc(N2CCN(c3ccccc3Cl)CC2)c(F)c1. The number of amides is 1. The predicted molar refractivity (Wildman–Crippen MR) is 131 cm³/mol. The number of hydrogen-bond donors (Lipinski definition) is 2. The molecule has 5 rings (SSSR count). The van der Waals surface area contributed by atoms with Gasteiger partial charge in [-0.15, -0.1) is 0 Å². The molecule has 0 radical (unpaired) electrons. The Bertz CT molecular complexity index is 1010. The molecule has 3 fully saturated rings. The van der Waals surface area contributed by atoms with Crippen molar-refractivity contribution >= 4 is 34.8 Å². The predicted octanol–water partition coefficient (Wildman–Crippen LogP) is 2.67. The van der Waals surface area contributed by atoms with Crippen LogP contribution < -0.4 is 25.3 Å². The molecule has 0 aliphatic carbocycles. The molecule has 2 aromatic carbocycles. The van der Waals surface area contributed by atoms with Gasteiger partial charge in [-0.25, -0.2) is 9.18 Å². The first-order valence-electron chi connectivity index (χ1n) is 11.7. The molecule has 3 heterocycles. The Kier molecular flexibility index (Phi) is 7.05. The lowest BCUT2D eigenvalue weighted by Gasteiger charge is -2.37. The fraction of sp³-hybridized carbons (Fsp3) is 0.458. The topological polar surface area (TPSA) is 69.3 Å². The Morgan fingerprint density at radius 3 is 2.53 bits per heavy atom. The van der Waals surface area contributed by atoms with Crippen molar-refractivity contribution in [2.45, 2.75) is 12.3 Å². The molecule has 0 saturated carbocycles. The number of halogens is 2. The van der Waals surface area contributed by atoms with Crippen LogP contribution in [0.15, 0.2) is 42.5 Å². The van der Waals surface area contributed by atoms with E-state index in [9.17, 15) is 4.79 Å². The van der Waals surface area contributed by atoms with Gasteiger partial charge in [0, 0.05) is 45.8 Å². The van der Waals surface area contributed by atoms with E-state index < -0.39 is 12.2 Å². The first-order chi connectivity index (χ1) is 16.6. The Morgan fingerprint density at radius 1 is 1.06 bits per heavy atom. The van der Waals surface area contributed by atoms with Crippen LogP contribution in [0.4, 0.5) is 26.2 Å². The van der Waals surface area contributed by atoms with E-state index >= 15 is 4.39 Å². The van der Waals surface area contributed by atoms with Gasteiger partial charge in [-0.1, -0.05) is 23.7 Å². The van der Waals surface area contributed by atoms with Crippen molar-refractivity contribution in [3.8, 4) is 0 Å². The molecule has 2 N–H and O–H groups in total. The summed E-state index contributed by atoms with van der Waals surface area (Å²) in [7, 11) is 0. The molecule has 1 unspecified atom stereocenters. The Morgan fingerprint density at radius 2 is 1.82 bits per heavy atom. The van der Waals surface area contributed by atoms with Gasteiger partial charge in [0.2, 0.25) is 0 Å². The fourth-order valence-electron chi connectivity index (χ4n) is 4.60. The van der Waals surface area contributed by atoms with Gasteiger partial charge in [-0.2, -0.15) is 0 Å². The number of carbonyl (C=O) groups excluding carboxylic acids is 1. The third-order valence-corrected chi connectivity index (χ3v) is 6.74. The number of nitrogens with one attached hydrogen (secondary N) is 2. The summed E-state index contributed by atoms with van der Waals surface area (Å²) in [4.78, 5) is 18.1. The Balaban J connectivity index is 1.18. The van der Waals surface area contributed by atoms with Gasteiger partial charge in [0.25, 0.3) is 0 Å². The molecule has 10 heteroatoms. The molecule has 1 amide bonds. The molecule has 3 aliphatic rings. The van der Waals surface area contributed by atoms with Crippen molar-refractivity contribution in [3.05, 3.63) is 53.3 Å². The van der Waals surface area contributed by atoms with Crippen molar-refractivity contribution in [1.29, 1.82) is 0 Å². The summed E-state index contributed by atoms with van der Waals surface area (Å²) < 4.78 is 26.3. The van der Waals surface area contributed by atoms with Gasteiger partial charge >= 0.3 is 6.09 Å². The minimum Gasteiger partial charge on any atom is -0.441 e. The fourth-order valence-corrected chi connectivity index (χ4v) is 4.86. The molecule has 3 aliphatic heterocycles. The van der Waals surface area contributed by atoms with Crippen molar-refractivity contribution in [2.75, 3.05) is 73.7 Å². The summed E-state index contributed by atoms with van der Waals surface area (Å²) in [5.74, 6) is -0.353. The molecule has 0 bridgehead atoms. The largest absolute Gasteiger partial charge is 0.441 e. The van der Waals surface area contributed by atoms with Crippen molar-refractivity contribution in [2.24, 2.45) is 0 Å². The van der Waals surface area contributed by atoms with Crippen LogP contribution in [-0.4, -0.2) is 77.4 Å². The van der Waals surface area contributed by atoms with Gasteiger partial charge in [0.1, 0.15) is 18.1 Å². The zero-order chi connectivity index (χ0) is 23.5. The number of benzene rings is 2. The highest BCUT2D eigenvalue weighted by Crippen LogP contribution is 2.30. The van der Waals surface area contributed by atoms with Crippen LogP contribution in [-0.2, 0) is 9.47 Å². The monoisotopic (exact) mass is 489 g/mol. The summed E-state index contributed by atoms with van der Waals surface area (Å²) in [5, 5.41) is 7.22. The molecule has 2 aromatic rings. The number of hydrogen-bond acceptors (Lipinski definition) is 7. The van der Waals surface area contributed by atoms with Gasteiger partial charge in [0.15, 0.2) is 0 Å². The molecule has 2 atom stereocenters. The first-order valence-corrected chi connectivity index (χ1v) is 12.0. The lowest BCUT2D eigenvalue weighted by Crippen LogP contribution is -2.50. The lowest BCUT2D eigenvalue weighted by atomic mass is 10.2. The highest BCUT2D eigenvalue weighted by atomic mass is 35.5. The average Bonchev–Trinajstić information content (AvgIpc) is 3.24. The van der Waals surface area contributed by atoms with Crippen LogP contribution in [0.5, 0.6) is 0 Å². The lowest BCUT2D eigenvalue weighted by molar-refractivity contribution is -0.0203. The Labute approximate surface area is 203 Å². The second-order valence-corrected chi connectivity index (χ2v) is 9.07. The first kappa shape index (κ1) is 23.2. The number of piperazine rings is 2. The van der Waals surface area contributed by atoms with Gasteiger partial charge < -0.3 is 24.6 Å². The molecule has 0 spiro atoms. The van der Waals surface area contributed by atoms with E-state index in [1.807, 2.05) is 29.2 Å². The number of nitrogens with zero attached hydrogens (tertiary/aromatic N) is 3. The van der Waals surface area contributed by atoms with Crippen molar-refractivity contribution in [1.82, 2.24) is 10.6 Å². The average molecular weight is 490 g/mol. The normalized spacial score (nSPS) is 23.4. The number of cyclic esters (lactones) is 1. The minimum absolute atomic E-state index is 0.100. The van der Waals surface area contributed by atoms with Crippen molar-refractivity contribution < 1.29 is 18.7 Å². The second-order valence-electron chi connectivity index (χ2n) is 8.66. The van der Waals surface area contributed by atoms with E-state index in [4.69, 9.17) is 21.1 Å². The number of anilines is 3. The molecular weight excluding hydrogens is 461 g/mol. The van der Waals surface area contributed by atoms with Crippen LogP contribution in [0.3, 0.4) is 0 Å². The van der Waals surface area contributed by atoms with Gasteiger partial charge in [-0.3, -0.25) is 10.2 Å². The van der Waals surface area contributed by atoms with E-state index in [0.29, 0.717) is 37.6 Å². The van der Waals surface area contributed by atoms with Crippen molar-refractivity contribution in [3.63, 3.8) is 0 Å². The molecule has 8 nitrogen and oxygen atoms in total. The summed E-state index contributed by atoms with van der Waals surface area (Å²) in [6.45, 7) is 5.92. The number of rotatable bonds is 6. The summed E-state index contributed by atoms with van der Waals surface area (Å²) in [6.07, 6.45) is -0.975. The second kappa shape index (κ2) is 10.4. The zero-order valence-corrected chi connectivity index (χ0v) is 19.6. The molecule has 34 heavy (non-hydrogen) atoms. The summed E-state index contributed by atoms with van der Waals surface area (Å²) >= 11 is 6.33. The van der Waals surface area contributed by atoms with E-state index in [1.54, 1.807) is 12.1 Å². The summed E-state index contributed by atoms with van der Waals surface area (Å²) in [5.41, 5.74) is 2.02. The van der Waals surface area contributed by atoms with Crippen LogP contribution >= 0.6 is 11.6 Å². The van der Waals surface area contributed by atoms with E-state index in [-0.39, 0.29) is 18.7 Å². The van der Waals surface area contributed by atoms with E-state index in [0.717, 1.165) is 36.9 Å². The molecule has 182 valence electrons. The van der Waals surface area contributed by atoms with Crippen LogP contribution in [0.25, 0.3) is 0 Å². The van der Waals surface area contributed by atoms with E-state index in [1.165, 1.54) is 11.0 Å². The van der Waals surface area contributed by atoms with Crippen LogP contribution in [0.2, 0.25) is 5.02 Å². The Hall–Kier alpha value is -2.59. The zero-order valence-electron chi connectivity index (χ0n) is 18.9. The third-order valence-electron chi connectivity index (χ3n) is 6.42. The standard InChI is InChI=1S/C24H29ClFN5O3/c25-19-3-1-2-4-21(19)29-9-11-30(12-10-29)22-6-5-17(13-20(22)26)31-15-18(34-24(31)32)16-33-23-14-27-7-8-28-23/h1-6,13,18,23,27-28H,7-12,14-16H2/t18-,23?/m1/s1. The highest BCUT2D eigenvalue weighted by molar-refractivity contribution is 6.33. The quantitative estimate of drug-likeness (QED) is 0.646. The molecule has 3 saturated heterocycles. The minimum atomic E-state index is -0.483. The maximum atomic E-state index is 15.1. The maximum Gasteiger partial charge on any atom is 0.414 e. The highest BCUT2D eigenvalue weighted by Gasteiger charge is 2.34. The van der Waals surface area contributed by atoms with Gasteiger partial charge in [-0.05, 0) is 30.3 Å². The van der Waals surface area contributed by atoms with E-state index in [2.05, 4.69) is 15.5 Å². The molecular formula is C24H29ClFN5O3. The third kappa shape index (κ3) is 5.07. The number of ether oxygens (including phenoxy) is 2. The number of para-hydroxylation sites is 1. The maximum absolute atomic E-state index is 15.1. The van der Waals surface area contributed by atoms with Gasteiger partial charge in [0.05, 0.1) is 35.2 Å². The number of carbonyl (C=O) groups is 1. The molecule has 0 aromatic heterocycles. The van der Waals surface area contributed by atoms with Crippen LogP contribution in [0, 0.1) is 5.82 Å².